The van der Waals surface area contributed by atoms with Crippen molar-refractivity contribution in [3.63, 3.8) is 0 Å². The molecule has 0 aromatic carbocycles. The lowest BCUT2D eigenvalue weighted by Gasteiger charge is -2.18. The highest BCUT2D eigenvalue weighted by Gasteiger charge is 2.25. The predicted molar refractivity (Wildman–Crippen MR) is 63.3 cm³/mol. The Kier molecular flexibility index (Phi) is 2.69. The monoisotopic (exact) mass is 224 g/mol. The molecule has 0 fully saturated rings. The number of amides is 1. The molecule has 0 aliphatic heterocycles. The molecule has 1 atom stereocenters. The third-order valence-corrected chi connectivity index (χ3v) is 4.08. The average Bonchev–Trinajstić information content (AvgIpc) is 2.52. The van der Waals surface area contributed by atoms with Crippen LogP contribution in [-0.4, -0.2) is 13.0 Å². The molecule has 4 heteroatoms. The molecular weight excluding hydrogens is 208 g/mol. The number of hydrogen-bond donors (Lipinski definition) is 2. The van der Waals surface area contributed by atoms with Gasteiger partial charge in [-0.05, 0) is 30.7 Å². The van der Waals surface area contributed by atoms with E-state index in [2.05, 4.69) is 12.2 Å². The molecule has 0 bridgehead atoms. The summed E-state index contributed by atoms with van der Waals surface area (Å²) in [5.41, 5.74) is 7.82. The zero-order valence-corrected chi connectivity index (χ0v) is 9.91. The largest absolute Gasteiger partial charge is 0.390 e. The normalized spacial score (nSPS) is 19.7. The Morgan fingerprint density at radius 1 is 1.60 bits per heavy atom. The Labute approximate surface area is 93.7 Å². The topological polar surface area (TPSA) is 55.1 Å². The second kappa shape index (κ2) is 3.85. The number of nitrogen functional groups attached to an aromatic ring is 1. The first-order valence-corrected chi connectivity index (χ1v) is 6.07. The van der Waals surface area contributed by atoms with Crippen LogP contribution in [-0.2, 0) is 12.8 Å². The average molecular weight is 224 g/mol. The number of anilines is 1. The second-order valence-electron chi connectivity index (χ2n) is 4.17. The first kappa shape index (κ1) is 10.5. The maximum absolute atomic E-state index is 11.7. The Hall–Kier alpha value is -1.03. The summed E-state index contributed by atoms with van der Waals surface area (Å²) in [7, 11) is 1.65. The Balaban J connectivity index is 2.44. The molecule has 1 aromatic rings. The number of carbonyl (C=O) groups excluding carboxylic acids is 1. The van der Waals surface area contributed by atoms with Gasteiger partial charge in [0.2, 0.25) is 0 Å². The summed E-state index contributed by atoms with van der Waals surface area (Å²) < 4.78 is 0. The van der Waals surface area contributed by atoms with Crippen molar-refractivity contribution in [3.05, 3.63) is 16.0 Å². The third kappa shape index (κ3) is 1.74. The number of rotatable bonds is 1. The maximum atomic E-state index is 11.7. The number of carbonyl (C=O) groups is 1. The number of hydrogen-bond acceptors (Lipinski definition) is 3. The minimum atomic E-state index is -0.0421. The molecule has 2 rings (SSSR count). The summed E-state index contributed by atoms with van der Waals surface area (Å²) in [6.45, 7) is 2.25. The summed E-state index contributed by atoms with van der Waals surface area (Å²) in [6, 6.07) is 0. The molecule has 0 radical (unpaired) electrons. The van der Waals surface area contributed by atoms with Crippen LogP contribution in [0.4, 0.5) is 5.00 Å². The van der Waals surface area contributed by atoms with Crippen LogP contribution in [0.2, 0.25) is 0 Å². The number of thiophene rings is 1. The van der Waals surface area contributed by atoms with Gasteiger partial charge in [0.25, 0.3) is 5.91 Å². The van der Waals surface area contributed by atoms with Crippen molar-refractivity contribution < 1.29 is 4.79 Å². The van der Waals surface area contributed by atoms with Crippen LogP contribution in [0.1, 0.15) is 34.1 Å². The summed E-state index contributed by atoms with van der Waals surface area (Å²) >= 11 is 1.58. The lowest BCUT2D eigenvalue weighted by atomic mass is 9.88. The van der Waals surface area contributed by atoms with Crippen LogP contribution >= 0.6 is 11.3 Å². The van der Waals surface area contributed by atoms with Gasteiger partial charge in [-0.15, -0.1) is 11.3 Å². The predicted octanol–water partition coefficient (Wildman–Crippen LogP) is 1.81. The zero-order chi connectivity index (χ0) is 11.0. The molecule has 0 saturated heterocycles. The zero-order valence-electron chi connectivity index (χ0n) is 9.09. The van der Waals surface area contributed by atoms with E-state index in [4.69, 9.17) is 5.73 Å². The van der Waals surface area contributed by atoms with Crippen molar-refractivity contribution in [2.24, 2.45) is 5.92 Å². The molecule has 1 aliphatic carbocycles. The Bertz CT molecular complexity index is 398. The van der Waals surface area contributed by atoms with Gasteiger partial charge in [-0.1, -0.05) is 6.92 Å². The highest BCUT2D eigenvalue weighted by atomic mass is 32.1. The quantitative estimate of drug-likeness (QED) is 0.764. The Morgan fingerprint density at radius 3 is 3.00 bits per heavy atom. The van der Waals surface area contributed by atoms with E-state index in [0.717, 1.165) is 24.8 Å². The van der Waals surface area contributed by atoms with Crippen LogP contribution in [0.5, 0.6) is 0 Å². The molecule has 1 aromatic heterocycles. The second-order valence-corrected chi connectivity index (χ2v) is 5.31. The Morgan fingerprint density at radius 2 is 2.33 bits per heavy atom. The minimum absolute atomic E-state index is 0.0421. The van der Waals surface area contributed by atoms with E-state index >= 15 is 0 Å². The van der Waals surface area contributed by atoms with Gasteiger partial charge in [0.05, 0.1) is 10.6 Å². The van der Waals surface area contributed by atoms with E-state index in [1.807, 2.05) is 0 Å². The van der Waals surface area contributed by atoms with Crippen LogP contribution in [0.3, 0.4) is 0 Å². The van der Waals surface area contributed by atoms with Crippen molar-refractivity contribution in [1.82, 2.24) is 5.32 Å². The van der Waals surface area contributed by atoms with E-state index in [9.17, 15) is 4.79 Å². The SMILES string of the molecule is CNC(=O)c1c(N)sc2c1CC[C@H](C)C2. The van der Waals surface area contributed by atoms with E-state index in [1.165, 1.54) is 10.4 Å². The minimum Gasteiger partial charge on any atom is -0.390 e. The van der Waals surface area contributed by atoms with Crippen molar-refractivity contribution in [2.75, 3.05) is 12.8 Å². The van der Waals surface area contributed by atoms with Gasteiger partial charge >= 0.3 is 0 Å². The summed E-state index contributed by atoms with van der Waals surface area (Å²) in [6.07, 6.45) is 3.22. The molecule has 0 saturated carbocycles. The third-order valence-electron chi connectivity index (χ3n) is 2.99. The number of nitrogens with one attached hydrogen (secondary N) is 1. The van der Waals surface area contributed by atoms with Crippen LogP contribution in [0.15, 0.2) is 0 Å². The fourth-order valence-corrected chi connectivity index (χ4v) is 3.42. The lowest BCUT2D eigenvalue weighted by molar-refractivity contribution is 0.0963. The van der Waals surface area contributed by atoms with Crippen molar-refractivity contribution in [2.45, 2.75) is 26.2 Å². The number of nitrogens with two attached hydrogens (primary N) is 1. The summed E-state index contributed by atoms with van der Waals surface area (Å²) in [5.74, 6) is 0.674. The van der Waals surface area contributed by atoms with E-state index < -0.39 is 0 Å². The van der Waals surface area contributed by atoms with Crippen molar-refractivity contribution >= 4 is 22.2 Å². The van der Waals surface area contributed by atoms with Gasteiger partial charge < -0.3 is 11.1 Å². The molecule has 1 aliphatic rings. The smallest absolute Gasteiger partial charge is 0.254 e. The standard InChI is InChI=1S/C11H16N2OS/c1-6-3-4-7-8(5-6)15-10(12)9(7)11(14)13-2/h6H,3-5,12H2,1-2H3,(H,13,14)/t6-/m0/s1. The first-order valence-electron chi connectivity index (χ1n) is 5.25. The maximum Gasteiger partial charge on any atom is 0.254 e. The molecule has 3 N–H and O–H groups in total. The molecule has 0 spiro atoms. The summed E-state index contributed by atoms with van der Waals surface area (Å²) in [5, 5.41) is 3.33. The van der Waals surface area contributed by atoms with Crippen LogP contribution in [0.25, 0.3) is 0 Å². The molecule has 1 amide bonds. The van der Waals surface area contributed by atoms with Gasteiger partial charge in [-0.3, -0.25) is 4.79 Å². The van der Waals surface area contributed by atoms with E-state index in [-0.39, 0.29) is 5.91 Å². The molecule has 1 heterocycles. The molecule has 82 valence electrons. The van der Waals surface area contributed by atoms with Crippen molar-refractivity contribution in [1.29, 1.82) is 0 Å². The van der Waals surface area contributed by atoms with Gasteiger partial charge in [0, 0.05) is 11.9 Å². The fraction of sp³-hybridized carbons (Fsp3) is 0.545. The molecular formula is C11H16N2OS. The van der Waals surface area contributed by atoms with Gasteiger partial charge in [0.1, 0.15) is 0 Å². The van der Waals surface area contributed by atoms with Crippen LogP contribution in [0, 0.1) is 5.92 Å². The van der Waals surface area contributed by atoms with Crippen molar-refractivity contribution in [3.8, 4) is 0 Å². The van der Waals surface area contributed by atoms with E-state index in [0.29, 0.717) is 10.9 Å². The number of fused-ring (bicyclic) bond motifs is 1. The highest BCUT2D eigenvalue weighted by Crippen LogP contribution is 2.37. The first-order chi connectivity index (χ1) is 7.13. The summed E-state index contributed by atoms with van der Waals surface area (Å²) in [4.78, 5) is 13.0. The van der Waals surface area contributed by atoms with E-state index in [1.54, 1.807) is 18.4 Å². The fourth-order valence-electron chi connectivity index (χ4n) is 2.15. The molecule has 15 heavy (non-hydrogen) atoms. The lowest BCUT2D eigenvalue weighted by Crippen LogP contribution is -2.21. The highest BCUT2D eigenvalue weighted by molar-refractivity contribution is 7.16. The van der Waals surface area contributed by atoms with Gasteiger partial charge in [-0.25, -0.2) is 0 Å². The molecule has 0 unspecified atom stereocenters. The van der Waals surface area contributed by atoms with Crippen LogP contribution < -0.4 is 11.1 Å². The van der Waals surface area contributed by atoms with Gasteiger partial charge in [0.15, 0.2) is 0 Å². The molecule has 3 nitrogen and oxygen atoms in total. The van der Waals surface area contributed by atoms with Gasteiger partial charge in [-0.2, -0.15) is 0 Å².